The Morgan fingerprint density at radius 3 is 2.80 bits per heavy atom. The minimum Gasteiger partial charge on any atom is -0.465 e. The fourth-order valence-corrected chi connectivity index (χ4v) is 2.78. The SMILES string of the molecule is COC(=O)c1cccc(NC(=O)Cc2ccc3c(c2)CCC(=O)N3)c1. The number of hydrogen-bond donors (Lipinski definition) is 2. The molecule has 0 saturated heterocycles. The molecule has 0 atom stereocenters. The van der Waals surface area contributed by atoms with E-state index in [1.54, 1.807) is 24.3 Å². The van der Waals surface area contributed by atoms with Gasteiger partial charge >= 0.3 is 5.97 Å². The van der Waals surface area contributed by atoms with Crippen LogP contribution in [0.5, 0.6) is 0 Å². The highest BCUT2D eigenvalue weighted by atomic mass is 16.5. The Kier molecular flexibility index (Phi) is 4.79. The number of ether oxygens (including phenoxy) is 1. The van der Waals surface area contributed by atoms with E-state index in [9.17, 15) is 14.4 Å². The summed E-state index contributed by atoms with van der Waals surface area (Å²) in [5, 5.41) is 5.60. The number of carbonyl (C=O) groups excluding carboxylic acids is 3. The molecular weight excluding hydrogens is 320 g/mol. The lowest BCUT2D eigenvalue weighted by atomic mass is 9.99. The Morgan fingerprint density at radius 2 is 2.00 bits per heavy atom. The van der Waals surface area contributed by atoms with Gasteiger partial charge < -0.3 is 15.4 Å². The Labute approximate surface area is 145 Å². The van der Waals surface area contributed by atoms with Gasteiger partial charge in [-0.15, -0.1) is 0 Å². The molecule has 128 valence electrons. The lowest BCUT2D eigenvalue weighted by Crippen LogP contribution is -2.19. The molecule has 1 heterocycles. The number of anilines is 2. The first-order valence-corrected chi connectivity index (χ1v) is 7.95. The van der Waals surface area contributed by atoms with E-state index in [0.717, 1.165) is 16.8 Å². The van der Waals surface area contributed by atoms with Gasteiger partial charge in [0.1, 0.15) is 0 Å². The first-order chi connectivity index (χ1) is 12.0. The zero-order valence-corrected chi connectivity index (χ0v) is 13.8. The fraction of sp³-hybridized carbons (Fsp3) is 0.211. The quantitative estimate of drug-likeness (QED) is 0.839. The molecule has 2 N–H and O–H groups in total. The summed E-state index contributed by atoms with van der Waals surface area (Å²) < 4.78 is 4.67. The fourth-order valence-electron chi connectivity index (χ4n) is 2.78. The lowest BCUT2D eigenvalue weighted by molar-refractivity contribution is -0.117. The number of aryl methyl sites for hydroxylation is 1. The van der Waals surface area contributed by atoms with Crippen LogP contribution in [0.2, 0.25) is 0 Å². The molecule has 0 saturated carbocycles. The smallest absolute Gasteiger partial charge is 0.337 e. The van der Waals surface area contributed by atoms with Gasteiger partial charge in [0.15, 0.2) is 0 Å². The molecule has 2 aromatic carbocycles. The maximum absolute atomic E-state index is 12.3. The number of carbonyl (C=O) groups is 3. The van der Waals surface area contributed by atoms with Crippen LogP contribution in [0.1, 0.15) is 27.9 Å². The Hall–Kier alpha value is -3.15. The molecule has 6 heteroatoms. The Balaban J connectivity index is 1.67. The largest absolute Gasteiger partial charge is 0.465 e. The summed E-state index contributed by atoms with van der Waals surface area (Å²) in [5.74, 6) is -0.613. The molecule has 0 fully saturated rings. The zero-order chi connectivity index (χ0) is 17.8. The Morgan fingerprint density at radius 1 is 1.16 bits per heavy atom. The van der Waals surface area contributed by atoms with Gasteiger partial charge in [-0.3, -0.25) is 9.59 Å². The van der Waals surface area contributed by atoms with Crippen LogP contribution in [0.3, 0.4) is 0 Å². The van der Waals surface area contributed by atoms with Crippen LogP contribution < -0.4 is 10.6 Å². The molecule has 1 aliphatic heterocycles. The second-order valence-corrected chi connectivity index (χ2v) is 5.84. The molecule has 0 unspecified atom stereocenters. The van der Waals surface area contributed by atoms with Crippen LogP contribution in [0.25, 0.3) is 0 Å². The second-order valence-electron chi connectivity index (χ2n) is 5.84. The van der Waals surface area contributed by atoms with Crippen LogP contribution in [0.4, 0.5) is 11.4 Å². The number of hydrogen-bond acceptors (Lipinski definition) is 4. The summed E-state index contributed by atoms with van der Waals surface area (Å²) in [6.45, 7) is 0. The maximum Gasteiger partial charge on any atom is 0.337 e. The number of amides is 2. The topological polar surface area (TPSA) is 84.5 Å². The van der Waals surface area contributed by atoms with E-state index in [4.69, 9.17) is 0 Å². The van der Waals surface area contributed by atoms with E-state index in [2.05, 4.69) is 15.4 Å². The molecule has 25 heavy (non-hydrogen) atoms. The summed E-state index contributed by atoms with van der Waals surface area (Å²) >= 11 is 0. The summed E-state index contributed by atoms with van der Waals surface area (Å²) in [7, 11) is 1.31. The monoisotopic (exact) mass is 338 g/mol. The molecule has 0 spiro atoms. The van der Waals surface area contributed by atoms with Crippen molar-refractivity contribution in [1.82, 2.24) is 0 Å². The highest BCUT2D eigenvalue weighted by Gasteiger charge is 2.15. The van der Waals surface area contributed by atoms with E-state index in [-0.39, 0.29) is 18.2 Å². The number of esters is 1. The first kappa shape index (κ1) is 16.7. The van der Waals surface area contributed by atoms with Crippen molar-refractivity contribution in [1.29, 1.82) is 0 Å². The third kappa shape index (κ3) is 4.03. The maximum atomic E-state index is 12.3. The van der Waals surface area contributed by atoms with Crippen LogP contribution >= 0.6 is 0 Å². The summed E-state index contributed by atoms with van der Waals surface area (Å²) in [5.41, 5.74) is 3.64. The molecule has 2 amide bonds. The highest BCUT2D eigenvalue weighted by molar-refractivity contribution is 5.96. The van der Waals surface area contributed by atoms with Crippen molar-refractivity contribution in [2.75, 3.05) is 17.7 Å². The predicted octanol–water partition coefficient (Wildman–Crippen LogP) is 2.54. The van der Waals surface area contributed by atoms with E-state index >= 15 is 0 Å². The van der Waals surface area contributed by atoms with Gasteiger partial charge in [-0.05, 0) is 41.8 Å². The van der Waals surface area contributed by atoms with Crippen LogP contribution in [0.15, 0.2) is 42.5 Å². The van der Waals surface area contributed by atoms with Crippen molar-refractivity contribution in [2.45, 2.75) is 19.3 Å². The average Bonchev–Trinajstić information content (AvgIpc) is 2.61. The summed E-state index contributed by atoms with van der Waals surface area (Å²) in [6.07, 6.45) is 1.35. The van der Waals surface area contributed by atoms with Gasteiger partial charge in [0.2, 0.25) is 11.8 Å². The number of methoxy groups -OCH3 is 1. The van der Waals surface area contributed by atoms with Gasteiger partial charge in [-0.1, -0.05) is 18.2 Å². The van der Waals surface area contributed by atoms with Crippen molar-refractivity contribution in [3.8, 4) is 0 Å². The molecule has 0 bridgehead atoms. The highest BCUT2D eigenvalue weighted by Crippen LogP contribution is 2.24. The van der Waals surface area contributed by atoms with Crippen LogP contribution in [-0.4, -0.2) is 24.9 Å². The first-order valence-electron chi connectivity index (χ1n) is 7.95. The third-order valence-corrected chi connectivity index (χ3v) is 4.00. The number of rotatable bonds is 4. The van der Waals surface area contributed by atoms with E-state index in [1.807, 2.05) is 18.2 Å². The van der Waals surface area contributed by atoms with E-state index in [1.165, 1.54) is 7.11 Å². The van der Waals surface area contributed by atoms with Crippen molar-refractivity contribution >= 4 is 29.2 Å². The molecule has 2 aromatic rings. The van der Waals surface area contributed by atoms with Gasteiger partial charge in [0.25, 0.3) is 0 Å². The van der Waals surface area contributed by atoms with E-state index < -0.39 is 5.97 Å². The van der Waals surface area contributed by atoms with E-state index in [0.29, 0.717) is 24.1 Å². The molecule has 6 nitrogen and oxygen atoms in total. The number of benzene rings is 2. The van der Waals surface area contributed by atoms with Crippen molar-refractivity contribution in [3.05, 3.63) is 59.2 Å². The molecule has 3 rings (SSSR count). The van der Waals surface area contributed by atoms with Gasteiger partial charge in [-0.25, -0.2) is 4.79 Å². The van der Waals surface area contributed by atoms with Crippen molar-refractivity contribution in [3.63, 3.8) is 0 Å². The van der Waals surface area contributed by atoms with Gasteiger partial charge in [-0.2, -0.15) is 0 Å². The number of nitrogens with one attached hydrogen (secondary N) is 2. The molecule has 0 radical (unpaired) electrons. The zero-order valence-electron chi connectivity index (χ0n) is 13.8. The minimum absolute atomic E-state index is 0.0171. The molecular formula is C19H18N2O4. The van der Waals surface area contributed by atoms with Crippen LogP contribution in [0, 0.1) is 0 Å². The molecule has 0 aliphatic carbocycles. The van der Waals surface area contributed by atoms with Gasteiger partial charge in [0.05, 0.1) is 19.1 Å². The predicted molar refractivity (Wildman–Crippen MR) is 93.5 cm³/mol. The van der Waals surface area contributed by atoms with Crippen molar-refractivity contribution in [2.24, 2.45) is 0 Å². The molecule has 1 aliphatic rings. The standard InChI is InChI=1S/C19H18N2O4/c1-25-19(24)14-3-2-4-15(11-14)20-18(23)10-12-5-7-16-13(9-12)6-8-17(22)21-16/h2-5,7,9,11H,6,8,10H2,1H3,(H,20,23)(H,21,22). The number of fused-ring (bicyclic) bond motifs is 1. The lowest BCUT2D eigenvalue weighted by Gasteiger charge is -2.17. The van der Waals surface area contributed by atoms with Crippen LogP contribution in [-0.2, 0) is 27.2 Å². The summed E-state index contributed by atoms with van der Waals surface area (Å²) in [4.78, 5) is 35.2. The Bertz CT molecular complexity index is 845. The normalized spacial score (nSPS) is 12.8. The average molecular weight is 338 g/mol. The summed E-state index contributed by atoms with van der Waals surface area (Å²) in [6, 6.07) is 12.2. The molecule has 0 aromatic heterocycles. The third-order valence-electron chi connectivity index (χ3n) is 4.00. The van der Waals surface area contributed by atoms with Gasteiger partial charge in [0, 0.05) is 17.8 Å². The van der Waals surface area contributed by atoms with Crippen molar-refractivity contribution < 1.29 is 19.1 Å². The second kappa shape index (κ2) is 7.17. The minimum atomic E-state index is -0.451.